The van der Waals surface area contributed by atoms with Gasteiger partial charge in [0.05, 0.1) is 15.7 Å². The fraction of sp³-hybridized carbons (Fsp3) is 0.600. The average molecular weight is 334 g/mol. The molecule has 1 saturated carbocycles. The normalized spacial score (nSPS) is 29.9. The monoisotopic (exact) mass is 332 g/mol. The highest BCUT2D eigenvalue weighted by molar-refractivity contribution is 6.41. The lowest BCUT2D eigenvalue weighted by Gasteiger charge is -2.28. The molecule has 0 radical (unpaired) electrons. The lowest BCUT2D eigenvalue weighted by molar-refractivity contribution is 0.376. The highest BCUT2D eigenvalue weighted by atomic mass is 35.5. The van der Waals surface area contributed by atoms with E-state index in [1.807, 2.05) is 0 Å². The largest absolute Gasteiger partial charge is 0.380 e. The molecule has 0 bridgehead atoms. The summed E-state index contributed by atoms with van der Waals surface area (Å²) >= 11 is 18.5. The van der Waals surface area contributed by atoms with Crippen molar-refractivity contribution in [2.45, 2.75) is 44.2 Å². The Hall–Kier alpha value is -0.150. The average Bonchev–Trinajstić information content (AvgIpc) is 3.04. The first kappa shape index (κ1) is 14.8. The quantitative estimate of drug-likeness (QED) is 0.815. The Labute approximate surface area is 135 Å². The van der Waals surface area contributed by atoms with Gasteiger partial charge in [-0.05, 0) is 50.3 Å². The third kappa shape index (κ3) is 3.04. The van der Waals surface area contributed by atoms with Crippen molar-refractivity contribution in [3.63, 3.8) is 0 Å². The Bertz CT molecular complexity index is 463. The van der Waals surface area contributed by atoms with Gasteiger partial charge in [0.2, 0.25) is 0 Å². The van der Waals surface area contributed by atoms with Crippen LogP contribution in [0.2, 0.25) is 15.1 Å². The predicted octanol–water partition coefficient (Wildman–Crippen LogP) is 4.98. The first-order valence-corrected chi connectivity index (χ1v) is 8.43. The molecule has 3 atom stereocenters. The molecule has 1 aliphatic heterocycles. The summed E-state index contributed by atoms with van der Waals surface area (Å²) in [5.41, 5.74) is 0.827. The molecule has 1 aliphatic carbocycles. The molecule has 20 heavy (non-hydrogen) atoms. The summed E-state index contributed by atoms with van der Waals surface area (Å²) in [5, 5.41) is 8.98. The predicted molar refractivity (Wildman–Crippen MR) is 87.2 cm³/mol. The van der Waals surface area contributed by atoms with E-state index in [1.165, 1.54) is 32.1 Å². The van der Waals surface area contributed by atoms with Crippen molar-refractivity contribution >= 4 is 40.5 Å². The second kappa shape index (κ2) is 6.31. The van der Waals surface area contributed by atoms with E-state index in [0.717, 1.165) is 12.2 Å². The van der Waals surface area contributed by atoms with Gasteiger partial charge in [0.25, 0.3) is 0 Å². The third-order valence-electron chi connectivity index (χ3n) is 4.52. The molecular formula is C15H19Cl3N2. The van der Waals surface area contributed by atoms with Crippen molar-refractivity contribution < 1.29 is 0 Å². The van der Waals surface area contributed by atoms with Crippen molar-refractivity contribution in [3.05, 3.63) is 27.2 Å². The van der Waals surface area contributed by atoms with Crippen molar-refractivity contribution in [1.29, 1.82) is 0 Å². The Morgan fingerprint density at radius 2 is 1.75 bits per heavy atom. The molecule has 1 heterocycles. The molecule has 3 rings (SSSR count). The first-order valence-electron chi connectivity index (χ1n) is 7.29. The summed E-state index contributed by atoms with van der Waals surface area (Å²) in [4.78, 5) is 0. The highest BCUT2D eigenvalue weighted by Crippen LogP contribution is 2.39. The highest BCUT2D eigenvalue weighted by Gasteiger charge is 2.35. The van der Waals surface area contributed by atoms with E-state index in [0.29, 0.717) is 33.1 Å². The second-order valence-corrected chi connectivity index (χ2v) is 7.04. The maximum atomic E-state index is 6.27. The summed E-state index contributed by atoms with van der Waals surface area (Å²) in [7, 11) is 0. The Kier molecular flexibility index (Phi) is 4.66. The minimum Gasteiger partial charge on any atom is -0.380 e. The zero-order chi connectivity index (χ0) is 14.1. The van der Waals surface area contributed by atoms with E-state index in [2.05, 4.69) is 10.6 Å². The summed E-state index contributed by atoms with van der Waals surface area (Å²) < 4.78 is 0. The number of benzene rings is 1. The third-order valence-corrected chi connectivity index (χ3v) is 5.34. The first-order chi connectivity index (χ1) is 9.65. The van der Waals surface area contributed by atoms with E-state index < -0.39 is 0 Å². The number of halogens is 3. The SMILES string of the molecule is Clc1cc(Cl)c(NC2CCCC2C2CCCN2)c(Cl)c1. The van der Waals surface area contributed by atoms with Gasteiger partial charge >= 0.3 is 0 Å². The minimum absolute atomic E-state index is 0.446. The molecule has 0 aromatic heterocycles. The van der Waals surface area contributed by atoms with Crippen LogP contribution in [0.15, 0.2) is 12.1 Å². The number of nitrogens with one attached hydrogen (secondary N) is 2. The van der Waals surface area contributed by atoms with Gasteiger partial charge in [0.15, 0.2) is 0 Å². The maximum absolute atomic E-state index is 6.27. The van der Waals surface area contributed by atoms with Crippen LogP contribution < -0.4 is 10.6 Å². The van der Waals surface area contributed by atoms with Crippen LogP contribution in [-0.2, 0) is 0 Å². The van der Waals surface area contributed by atoms with E-state index in [-0.39, 0.29) is 0 Å². The summed E-state index contributed by atoms with van der Waals surface area (Å²) in [6.45, 7) is 1.15. The zero-order valence-electron chi connectivity index (χ0n) is 11.3. The molecule has 2 N–H and O–H groups in total. The van der Waals surface area contributed by atoms with E-state index in [1.54, 1.807) is 12.1 Å². The van der Waals surface area contributed by atoms with E-state index in [4.69, 9.17) is 34.8 Å². The molecule has 0 spiro atoms. The Morgan fingerprint density at radius 1 is 1.00 bits per heavy atom. The van der Waals surface area contributed by atoms with Crippen LogP contribution in [0.1, 0.15) is 32.1 Å². The summed E-state index contributed by atoms with van der Waals surface area (Å²) in [5.74, 6) is 0.667. The van der Waals surface area contributed by atoms with Crippen molar-refractivity contribution in [1.82, 2.24) is 5.32 Å². The van der Waals surface area contributed by atoms with Gasteiger partial charge < -0.3 is 10.6 Å². The van der Waals surface area contributed by atoms with Gasteiger partial charge in [-0.3, -0.25) is 0 Å². The molecule has 2 fully saturated rings. The molecule has 1 aromatic rings. The van der Waals surface area contributed by atoms with E-state index in [9.17, 15) is 0 Å². The van der Waals surface area contributed by atoms with Crippen LogP contribution in [0.5, 0.6) is 0 Å². The number of rotatable bonds is 3. The topological polar surface area (TPSA) is 24.1 Å². The van der Waals surface area contributed by atoms with Gasteiger partial charge in [-0.1, -0.05) is 41.2 Å². The van der Waals surface area contributed by atoms with Crippen LogP contribution in [0.3, 0.4) is 0 Å². The molecule has 3 unspecified atom stereocenters. The maximum Gasteiger partial charge on any atom is 0.0722 e. The van der Waals surface area contributed by atoms with Gasteiger partial charge in [0, 0.05) is 17.1 Å². The van der Waals surface area contributed by atoms with Crippen LogP contribution in [0, 0.1) is 5.92 Å². The van der Waals surface area contributed by atoms with Crippen molar-refractivity contribution in [2.24, 2.45) is 5.92 Å². The van der Waals surface area contributed by atoms with Crippen LogP contribution in [0.4, 0.5) is 5.69 Å². The lowest BCUT2D eigenvalue weighted by atomic mass is 9.93. The van der Waals surface area contributed by atoms with Gasteiger partial charge in [-0.2, -0.15) is 0 Å². The molecule has 110 valence electrons. The van der Waals surface area contributed by atoms with Crippen LogP contribution in [0.25, 0.3) is 0 Å². The van der Waals surface area contributed by atoms with Crippen LogP contribution >= 0.6 is 34.8 Å². The molecule has 1 saturated heterocycles. The van der Waals surface area contributed by atoms with Crippen LogP contribution in [-0.4, -0.2) is 18.6 Å². The minimum atomic E-state index is 0.446. The Balaban J connectivity index is 1.76. The van der Waals surface area contributed by atoms with Gasteiger partial charge in [0.1, 0.15) is 0 Å². The zero-order valence-corrected chi connectivity index (χ0v) is 13.5. The van der Waals surface area contributed by atoms with Gasteiger partial charge in [-0.15, -0.1) is 0 Å². The number of anilines is 1. The number of hydrogen-bond acceptors (Lipinski definition) is 2. The smallest absolute Gasteiger partial charge is 0.0722 e. The van der Waals surface area contributed by atoms with Crippen molar-refractivity contribution in [2.75, 3.05) is 11.9 Å². The number of hydrogen-bond donors (Lipinski definition) is 2. The molecule has 2 nitrogen and oxygen atoms in total. The van der Waals surface area contributed by atoms with E-state index >= 15 is 0 Å². The van der Waals surface area contributed by atoms with Crippen molar-refractivity contribution in [3.8, 4) is 0 Å². The molecule has 1 aromatic carbocycles. The molecular weight excluding hydrogens is 315 g/mol. The summed E-state index contributed by atoms with van der Waals surface area (Å²) in [6.07, 6.45) is 6.29. The molecule has 0 amide bonds. The lowest BCUT2D eigenvalue weighted by Crippen LogP contribution is -2.38. The fourth-order valence-corrected chi connectivity index (χ4v) is 4.52. The van der Waals surface area contributed by atoms with Gasteiger partial charge in [-0.25, -0.2) is 0 Å². The molecule has 2 aliphatic rings. The molecule has 5 heteroatoms. The Morgan fingerprint density at radius 3 is 2.40 bits per heavy atom. The fourth-order valence-electron chi connectivity index (χ4n) is 3.59. The second-order valence-electron chi connectivity index (χ2n) is 5.79. The standard InChI is InChI=1S/C15H19Cl3N2/c16-9-7-11(17)15(12(18)8-9)20-14-4-1-3-10(14)13-5-2-6-19-13/h7-8,10,13-14,19-20H,1-6H2. The summed E-state index contributed by atoms with van der Waals surface area (Å²) in [6, 6.07) is 4.58.